The van der Waals surface area contributed by atoms with Crippen molar-refractivity contribution in [3.05, 3.63) is 54.1 Å². The Morgan fingerprint density at radius 2 is 2.07 bits per heavy atom. The van der Waals surface area contributed by atoms with Crippen LogP contribution in [-0.4, -0.2) is 33.4 Å². The van der Waals surface area contributed by atoms with Crippen LogP contribution in [0, 0.1) is 5.92 Å². The van der Waals surface area contributed by atoms with Crippen molar-refractivity contribution in [3.63, 3.8) is 0 Å². The summed E-state index contributed by atoms with van der Waals surface area (Å²) < 4.78 is 41.2. The van der Waals surface area contributed by atoms with E-state index in [2.05, 4.69) is 4.98 Å². The molecule has 0 N–H and O–H groups in total. The fourth-order valence-corrected chi connectivity index (χ4v) is 3.70. The summed E-state index contributed by atoms with van der Waals surface area (Å²) >= 11 is 0. The highest BCUT2D eigenvalue weighted by molar-refractivity contribution is 5.76. The molecule has 1 aliphatic rings. The van der Waals surface area contributed by atoms with Crippen LogP contribution in [0.5, 0.6) is 0 Å². The predicted octanol–water partition coefficient (Wildman–Crippen LogP) is 4.16. The van der Waals surface area contributed by atoms with Crippen LogP contribution in [0.1, 0.15) is 36.8 Å². The fraction of sp³-hybridized carbons (Fsp3) is 0.500. The zero-order valence-electron chi connectivity index (χ0n) is 15.2. The lowest BCUT2D eigenvalue weighted by molar-refractivity contribution is -0.138. The molecule has 1 fully saturated rings. The van der Waals surface area contributed by atoms with E-state index in [1.54, 1.807) is 24.7 Å². The molecule has 0 saturated carbocycles. The van der Waals surface area contributed by atoms with E-state index in [1.165, 1.54) is 6.07 Å². The Morgan fingerprint density at radius 1 is 1.26 bits per heavy atom. The lowest BCUT2D eigenvalue weighted by Gasteiger charge is -2.33. The van der Waals surface area contributed by atoms with Crippen molar-refractivity contribution < 1.29 is 18.0 Å². The van der Waals surface area contributed by atoms with Crippen LogP contribution in [0.3, 0.4) is 0 Å². The fourth-order valence-electron chi connectivity index (χ4n) is 3.70. The van der Waals surface area contributed by atoms with Gasteiger partial charge >= 0.3 is 6.18 Å². The van der Waals surface area contributed by atoms with E-state index in [9.17, 15) is 18.0 Å². The summed E-state index contributed by atoms with van der Waals surface area (Å²) in [6, 6.07) is 5.77. The molecule has 0 radical (unpaired) electrons. The Bertz CT molecular complexity index is 743. The Kier molecular flexibility index (Phi) is 6.19. The third-order valence-corrected chi connectivity index (χ3v) is 5.16. The van der Waals surface area contributed by atoms with Crippen LogP contribution >= 0.6 is 0 Å². The van der Waals surface area contributed by atoms with E-state index >= 15 is 0 Å². The summed E-state index contributed by atoms with van der Waals surface area (Å²) in [5.41, 5.74) is -0.206. The van der Waals surface area contributed by atoms with Gasteiger partial charge in [-0.05, 0) is 43.2 Å². The van der Waals surface area contributed by atoms with E-state index < -0.39 is 11.7 Å². The maximum atomic E-state index is 13.1. The molecule has 2 aromatic rings. The molecule has 1 amide bonds. The maximum absolute atomic E-state index is 13.1. The van der Waals surface area contributed by atoms with E-state index in [0.29, 0.717) is 37.9 Å². The van der Waals surface area contributed by atoms with Crippen molar-refractivity contribution >= 4 is 5.91 Å². The minimum atomic E-state index is -4.32. The number of piperidine rings is 1. The Morgan fingerprint density at radius 3 is 2.81 bits per heavy atom. The normalized spacial score (nSPS) is 17.9. The molecule has 2 heterocycles. The van der Waals surface area contributed by atoms with Gasteiger partial charge in [-0.2, -0.15) is 13.2 Å². The monoisotopic (exact) mass is 379 g/mol. The highest BCUT2D eigenvalue weighted by Crippen LogP contribution is 2.33. The molecule has 0 spiro atoms. The lowest BCUT2D eigenvalue weighted by Crippen LogP contribution is -2.40. The highest BCUT2D eigenvalue weighted by Gasteiger charge is 2.33. The van der Waals surface area contributed by atoms with E-state index in [4.69, 9.17) is 0 Å². The summed E-state index contributed by atoms with van der Waals surface area (Å²) in [6.45, 7) is 1.97. The molecule has 0 unspecified atom stereocenters. The van der Waals surface area contributed by atoms with Gasteiger partial charge in [0.2, 0.25) is 5.91 Å². The van der Waals surface area contributed by atoms with Crippen molar-refractivity contribution in [3.8, 4) is 0 Å². The topological polar surface area (TPSA) is 38.1 Å². The summed E-state index contributed by atoms with van der Waals surface area (Å²) in [5, 5.41) is 0. The lowest BCUT2D eigenvalue weighted by atomic mass is 9.90. The van der Waals surface area contributed by atoms with Gasteiger partial charge in [-0.25, -0.2) is 4.98 Å². The van der Waals surface area contributed by atoms with Gasteiger partial charge in [-0.15, -0.1) is 0 Å². The van der Waals surface area contributed by atoms with Gasteiger partial charge in [0.15, 0.2) is 0 Å². The van der Waals surface area contributed by atoms with Crippen molar-refractivity contribution in [2.45, 2.75) is 44.8 Å². The second-order valence-corrected chi connectivity index (χ2v) is 7.09. The van der Waals surface area contributed by atoms with Crippen LogP contribution in [0.4, 0.5) is 13.2 Å². The molecule has 1 saturated heterocycles. The third kappa shape index (κ3) is 5.34. The minimum absolute atomic E-state index is 0.101. The molecule has 4 nitrogen and oxygen atoms in total. The van der Waals surface area contributed by atoms with Gasteiger partial charge in [0.25, 0.3) is 0 Å². The zero-order chi connectivity index (χ0) is 19.3. The Balaban J connectivity index is 1.52. The number of carbonyl (C=O) groups excluding carboxylic acids is 1. The molecular weight excluding hydrogens is 355 g/mol. The van der Waals surface area contributed by atoms with Gasteiger partial charge in [-0.1, -0.05) is 18.2 Å². The van der Waals surface area contributed by atoms with Gasteiger partial charge in [0.1, 0.15) is 0 Å². The number of benzene rings is 1. The first-order valence-corrected chi connectivity index (χ1v) is 9.32. The van der Waals surface area contributed by atoms with E-state index in [1.807, 2.05) is 15.7 Å². The number of hydrogen-bond acceptors (Lipinski definition) is 2. The second-order valence-electron chi connectivity index (χ2n) is 7.09. The standard InChI is InChI=1S/C20H24F3N3O/c21-20(22,23)18-6-2-1-5-17(18)8-7-16-4-3-11-26(14-16)19(27)9-12-25-13-10-24-15-25/h1-2,5-6,10,13,15-16H,3-4,7-9,11-12,14H2/t16-/m0/s1. The van der Waals surface area contributed by atoms with Crippen LogP contribution in [0.2, 0.25) is 0 Å². The average Bonchev–Trinajstić information content (AvgIpc) is 3.18. The van der Waals surface area contributed by atoms with E-state index in [-0.39, 0.29) is 11.8 Å². The molecule has 0 aliphatic carbocycles. The average molecular weight is 379 g/mol. The van der Waals surface area contributed by atoms with Crippen LogP contribution in [0.25, 0.3) is 0 Å². The van der Waals surface area contributed by atoms with Crippen LogP contribution in [0.15, 0.2) is 43.0 Å². The number of likely N-dealkylation sites (tertiary alicyclic amines) is 1. The van der Waals surface area contributed by atoms with Gasteiger partial charge in [0, 0.05) is 38.4 Å². The first-order chi connectivity index (χ1) is 12.9. The van der Waals surface area contributed by atoms with Crippen molar-refractivity contribution in [1.82, 2.24) is 14.5 Å². The smallest absolute Gasteiger partial charge is 0.342 e. The molecule has 0 bridgehead atoms. The van der Waals surface area contributed by atoms with Gasteiger partial charge < -0.3 is 9.47 Å². The van der Waals surface area contributed by atoms with Crippen LogP contribution in [-0.2, 0) is 23.9 Å². The molecule has 146 valence electrons. The minimum Gasteiger partial charge on any atom is -0.342 e. The van der Waals surface area contributed by atoms with Crippen molar-refractivity contribution in [2.75, 3.05) is 13.1 Å². The van der Waals surface area contributed by atoms with Gasteiger partial charge in [0.05, 0.1) is 11.9 Å². The summed E-state index contributed by atoms with van der Waals surface area (Å²) in [5.74, 6) is 0.348. The highest BCUT2D eigenvalue weighted by atomic mass is 19.4. The summed E-state index contributed by atoms with van der Waals surface area (Å²) in [7, 11) is 0. The Hall–Kier alpha value is -2.31. The number of carbonyl (C=O) groups is 1. The number of hydrogen-bond donors (Lipinski definition) is 0. The summed E-state index contributed by atoms with van der Waals surface area (Å²) in [4.78, 5) is 18.3. The molecule has 1 atom stereocenters. The van der Waals surface area contributed by atoms with Crippen LogP contribution < -0.4 is 0 Å². The van der Waals surface area contributed by atoms with Crippen molar-refractivity contribution in [2.24, 2.45) is 5.92 Å². The number of rotatable bonds is 6. The second kappa shape index (κ2) is 8.59. The van der Waals surface area contributed by atoms with Crippen molar-refractivity contribution in [1.29, 1.82) is 0 Å². The number of nitrogens with zero attached hydrogens (tertiary/aromatic N) is 3. The number of amides is 1. The zero-order valence-corrected chi connectivity index (χ0v) is 15.2. The molecule has 7 heteroatoms. The molecule has 27 heavy (non-hydrogen) atoms. The molecule has 1 aliphatic heterocycles. The quantitative estimate of drug-likeness (QED) is 0.756. The SMILES string of the molecule is O=C(CCn1ccnc1)N1CCC[C@@H](CCc2ccccc2C(F)(F)F)C1. The number of alkyl halides is 3. The first kappa shape index (κ1) is 19.5. The number of halogens is 3. The largest absolute Gasteiger partial charge is 0.416 e. The number of aryl methyl sites for hydroxylation is 2. The maximum Gasteiger partial charge on any atom is 0.416 e. The first-order valence-electron chi connectivity index (χ1n) is 9.32. The van der Waals surface area contributed by atoms with Gasteiger partial charge in [-0.3, -0.25) is 4.79 Å². The van der Waals surface area contributed by atoms with E-state index in [0.717, 1.165) is 25.5 Å². The molecule has 3 rings (SSSR count). The number of imidazole rings is 1. The summed E-state index contributed by atoms with van der Waals surface area (Å²) in [6.07, 6.45) is 4.20. The Labute approximate surface area is 157 Å². The third-order valence-electron chi connectivity index (χ3n) is 5.16. The number of aromatic nitrogens is 2. The molecular formula is C20H24F3N3O. The molecule has 1 aromatic heterocycles. The predicted molar refractivity (Wildman–Crippen MR) is 95.9 cm³/mol. The molecule has 1 aromatic carbocycles.